The van der Waals surface area contributed by atoms with Crippen LogP contribution in [-0.4, -0.2) is 27.7 Å². The van der Waals surface area contributed by atoms with Gasteiger partial charge in [-0.25, -0.2) is 0 Å². The zero-order valence-corrected chi connectivity index (χ0v) is 6.56. The number of carboxylic acid groups (broad SMARTS) is 1. The number of aliphatic hydroxyl groups is 1. The Labute approximate surface area is 64.6 Å². The fourth-order valence-electron chi connectivity index (χ4n) is 0.548. The average Bonchev–Trinajstić information content (AvgIpc) is 1.87. The molecule has 0 saturated heterocycles. The number of rotatable bonds is 4. The van der Waals surface area contributed by atoms with Crippen molar-refractivity contribution >= 4 is 17.6 Å². The van der Waals surface area contributed by atoms with E-state index in [-0.39, 0.29) is 12.3 Å². The Bertz CT molecular complexity index is 120. The summed E-state index contributed by atoms with van der Waals surface area (Å²) in [7, 11) is 0. The number of carbonyl (C=O) groups is 1. The predicted molar refractivity (Wildman–Crippen MR) is 38.2 cm³/mol. The molecule has 0 aromatic heterocycles. The second-order valence-electron chi connectivity index (χ2n) is 2.28. The van der Waals surface area contributed by atoms with Gasteiger partial charge in [0.05, 0.1) is 17.9 Å². The van der Waals surface area contributed by atoms with Crippen LogP contribution in [0.25, 0.3) is 0 Å². The first kappa shape index (κ1) is 9.72. The second kappa shape index (κ2) is 3.78. The van der Waals surface area contributed by atoms with Crippen LogP contribution in [0, 0.1) is 0 Å². The molecule has 10 heavy (non-hydrogen) atoms. The number of carboxylic acids is 1. The van der Waals surface area contributed by atoms with Gasteiger partial charge in [0.15, 0.2) is 0 Å². The van der Waals surface area contributed by atoms with Gasteiger partial charge in [0.25, 0.3) is 0 Å². The first-order chi connectivity index (χ1) is 4.54. The Morgan fingerprint density at radius 2 is 2.20 bits per heavy atom. The van der Waals surface area contributed by atoms with Gasteiger partial charge in [0.2, 0.25) is 0 Å². The van der Waals surface area contributed by atoms with Crippen LogP contribution in [0.15, 0.2) is 0 Å². The molecule has 0 bridgehead atoms. The number of alkyl halides is 1. The Morgan fingerprint density at radius 3 is 2.30 bits per heavy atom. The van der Waals surface area contributed by atoms with E-state index >= 15 is 0 Å². The molecule has 0 aliphatic heterocycles. The zero-order valence-electron chi connectivity index (χ0n) is 5.80. The van der Waals surface area contributed by atoms with Crippen molar-refractivity contribution in [2.75, 3.05) is 5.88 Å². The maximum atomic E-state index is 10.1. The van der Waals surface area contributed by atoms with Crippen LogP contribution >= 0.6 is 11.6 Å². The lowest BCUT2D eigenvalue weighted by Crippen LogP contribution is -2.32. The molecule has 0 unspecified atom stereocenters. The van der Waals surface area contributed by atoms with Crippen LogP contribution in [0.2, 0.25) is 0 Å². The standard InChI is InChI=1S/C6H11ClO3/c1-2-6(10,4-7)3-5(8)9/h10H,2-4H2,1H3,(H,8,9)/t6-/m0/s1. The lowest BCUT2D eigenvalue weighted by molar-refractivity contribution is -0.141. The summed E-state index contributed by atoms with van der Waals surface area (Å²) in [6, 6.07) is 0. The molecule has 0 rings (SSSR count). The molecule has 2 N–H and O–H groups in total. The molecule has 0 aromatic carbocycles. The highest BCUT2D eigenvalue weighted by Crippen LogP contribution is 2.16. The molecular weight excluding hydrogens is 156 g/mol. The molecule has 0 aliphatic carbocycles. The van der Waals surface area contributed by atoms with Gasteiger partial charge in [0, 0.05) is 0 Å². The van der Waals surface area contributed by atoms with E-state index in [9.17, 15) is 9.90 Å². The van der Waals surface area contributed by atoms with Crippen LogP contribution in [0.5, 0.6) is 0 Å². The molecule has 1 atom stereocenters. The van der Waals surface area contributed by atoms with Crippen molar-refractivity contribution in [3.63, 3.8) is 0 Å². The third-order valence-corrected chi connectivity index (χ3v) is 1.88. The maximum Gasteiger partial charge on any atom is 0.306 e. The van der Waals surface area contributed by atoms with Crippen LogP contribution in [-0.2, 0) is 4.79 Å². The normalized spacial score (nSPS) is 16.3. The molecule has 0 aliphatic rings. The number of hydrogen-bond acceptors (Lipinski definition) is 2. The lowest BCUT2D eigenvalue weighted by atomic mass is 9.99. The molecular formula is C6H11ClO3. The zero-order chi connectivity index (χ0) is 8.20. The molecule has 0 amide bonds. The van der Waals surface area contributed by atoms with E-state index in [4.69, 9.17) is 16.7 Å². The highest BCUT2D eigenvalue weighted by Gasteiger charge is 2.26. The van der Waals surface area contributed by atoms with Gasteiger partial charge in [-0.05, 0) is 6.42 Å². The third-order valence-electron chi connectivity index (χ3n) is 1.39. The van der Waals surface area contributed by atoms with Crippen molar-refractivity contribution in [3.8, 4) is 0 Å². The first-order valence-electron chi connectivity index (χ1n) is 3.04. The topological polar surface area (TPSA) is 57.5 Å². The van der Waals surface area contributed by atoms with Crippen molar-refractivity contribution < 1.29 is 15.0 Å². The van der Waals surface area contributed by atoms with Crippen LogP contribution in [0.4, 0.5) is 0 Å². The molecule has 0 spiro atoms. The smallest absolute Gasteiger partial charge is 0.306 e. The van der Waals surface area contributed by atoms with E-state index in [0.717, 1.165) is 0 Å². The molecule has 60 valence electrons. The molecule has 3 nitrogen and oxygen atoms in total. The van der Waals surface area contributed by atoms with E-state index in [1.807, 2.05) is 0 Å². The summed E-state index contributed by atoms with van der Waals surface area (Å²) in [6.07, 6.45) is 0.0792. The van der Waals surface area contributed by atoms with Gasteiger partial charge >= 0.3 is 5.97 Å². The van der Waals surface area contributed by atoms with E-state index in [1.54, 1.807) is 6.92 Å². The van der Waals surface area contributed by atoms with E-state index < -0.39 is 11.6 Å². The summed E-state index contributed by atoms with van der Waals surface area (Å²) in [5, 5.41) is 17.6. The Balaban J connectivity index is 3.92. The quantitative estimate of drug-likeness (QED) is 0.609. The molecule has 0 fully saturated rings. The summed E-state index contributed by atoms with van der Waals surface area (Å²) in [5.41, 5.74) is -1.23. The minimum absolute atomic E-state index is 0.0319. The van der Waals surface area contributed by atoms with Gasteiger partial charge in [-0.2, -0.15) is 0 Å². The highest BCUT2D eigenvalue weighted by atomic mass is 35.5. The third kappa shape index (κ3) is 3.03. The SMILES string of the molecule is CC[C@@](O)(CCl)CC(=O)O. The van der Waals surface area contributed by atoms with E-state index in [2.05, 4.69) is 0 Å². The Kier molecular flexibility index (Phi) is 3.68. The second-order valence-corrected chi connectivity index (χ2v) is 2.55. The van der Waals surface area contributed by atoms with Crippen LogP contribution in [0.1, 0.15) is 19.8 Å². The van der Waals surface area contributed by atoms with Gasteiger partial charge in [0.1, 0.15) is 0 Å². The van der Waals surface area contributed by atoms with Crippen molar-refractivity contribution in [3.05, 3.63) is 0 Å². The van der Waals surface area contributed by atoms with Gasteiger partial charge in [-0.3, -0.25) is 4.79 Å². The van der Waals surface area contributed by atoms with E-state index in [1.165, 1.54) is 0 Å². The van der Waals surface area contributed by atoms with Crippen molar-refractivity contribution in [1.29, 1.82) is 0 Å². The first-order valence-corrected chi connectivity index (χ1v) is 3.57. The summed E-state index contributed by atoms with van der Waals surface area (Å²) >= 11 is 5.34. The minimum Gasteiger partial charge on any atom is -0.481 e. The fraction of sp³-hybridized carbons (Fsp3) is 0.833. The monoisotopic (exact) mass is 166 g/mol. The number of halogens is 1. The molecule has 0 radical (unpaired) electrons. The summed E-state index contributed by atoms with van der Waals surface area (Å²) in [4.78, 5) is 10.1. The largest absolute Gasteiger partial charge is 0.481 e. The minimum atomic E-state index is -1.23. The van der Waals surface area contributed by atoms with Crippen molar-refractivity contribution in [2.24, 2.45) is 0 Å². The van der Waals surface area contributed by atoms with Gasteiger partial charge < -0.3 is 10.2 Å². The summed E-state index contributed by atoms with van der Waals surface area (Å²) in [5.74, 6) is -1.06. The van der Waals surface area contributed by atoms with Crippen molar-refractivity contribution in [2.45, 2.75) is 25.4 Å². The number of hydrogen-bond donors (Lipinski definition) is 2. The average molecular weight is 167 g/mol. The maximum absolute atomic E-state index is 10.1. The van der Waals surface area contributed by atoms with Crippen LogP contribution in [0.3, 0.4) is 0 Å². The Hall–Kier alpha value is -0.280. The molecule has 0 aromatic rings. The summed E-state index contributed by atoms with van der Waals surface area (Å²) in [6.45, 7) is 1.70. The van der Waals surface area contributed by atoms with Crippen LogP contribution < -0.4 is 0 Å². The fourth-order valence-corrected chi connectivity index (χ4v) is 0.832. The lowest BCUT2D eigenvalue weighted by Gasteiger charge is -2.20. The van der Waals surface area contributed by atoms with Gasteiger partial charge in [-0.1, -0.05) is 6.92 Å². The van der Waals surface area contributed by atoms with E-state index in [0.29, 0.717) is 6.42 Å². The highest BCUT2D eigenvalue weighted by molar-refractivity contribution is 6.18. The molecule has 0 saturated carbocycles. The number of aliphatic carboxylic acids is 1. The molecule has 0 heterocycles. The predicted octanol–water partition coefficient (Wildman–Crippen LogP) is 0.841. The summed E-state index contributed by atoms with van der Waals surface area (Å²) < 4.78 is 0. The molecule has 4 heteroatoms. The van der Waals surface area contributed by atoms with Gasteiger partial charge in [-0.15, -0.1) is 11.6 Å². The Morgan fingerprint density at radius 1 is 1.70 bits per heavy atom. The van der Waals surface area contributed by atoms with Crippen molar-refractivity contribution in [1.82, 2.24) is 0 Å².